The SMILES string of the molecule is Cc1ccn(-c2ccccc2CNC(=O)N2CCC[C@@H]2C(C)(C)O)n1. The number of carbonyl (C=O) groups excluding carboxylic acids is 1. The zero-order valence-electron chi connectivity index (χ0n) is 15.1. The minimum atomic E-state index is -0.891. The summed E-state index contributed by atoms with van der Waals surface area (Å²) >= 11 is 0. The van der Waals surface area contributed by atoms with Crippen LogP contribution in [0.25, 0.3) is 5.69 Å². The van der Waals surface area contributed by atoms with E-state index >= 15 is 0 Å². The van der Waals surface area contributed by atoms with Crippen LogP contribution in [-0.4, -0.2) is 44.0 Å². The molecule has 0 aliphatic carbocycles. The number of likely N-dealkylation sites (tertiary alicyclic amines) is 1. The van der Waals surface area contributed by atoms with Crippen molar-refractivity contribution in [2.75, 3.05) is 6.54 Å². The number of rotatable bonds is 4. The van der Waals surface area contributed by atoms with Gasteiger partial charge < -0.3 is 15.3 Å². The normalized spacial score (nSPS) is 17.8. The van der Waals surface area contributed by atoms with Gasteiger partial charge in [0.25, 0.3) is 0 Å². The zero-order valence-corrected chi connectivity index (χ0v) is 15.1. The van der Waals surface area contributed by atoms with Crippen molar-refractivity contribution in [1.82, 2.24) is 20.0 Å². The van der Waals surface area contributed by atoms with Crippen LogP contribution >= 0.6 is 0 Å². The molecule has 1 aromatic carbocycles. The van der Waals surface area contributed by atoms with Crippen LogP contribution in [0.3, 0.4) is 0 Å². The van der Waals surface area contributed by atoms with Crippen molar-refractivity contribution in [3.63, 3.8) is 0 Å². The van der Waals surface area contributed by atoms with Crippen LogP contribution in [0.2, 0.25) is 0 Å². The Kier molecular flexibility index (Phi) is 4.81. The van der Waals surface area contributed by atoms with E-state index in [1.54, 1.807) is 18.7 Å². The van der Waals surface area contributed by atoms with Crippen LogP contribution in [0.1, 0.15) is 37.9 Å². The van der Waals surface area contributed by atoms with E-state index in [1.165, 1.54) is 0 Å². The van der Waals surface area contributed by atoms with Gasteiger partial charge in [-0.1, -0.05) is 18.2 Å². The fourth-order valence-corrected chi connectivity index (χ4v) is 3.45. The van der Waals surface area contributed by atoms with Gasteiger partial charge in [0.2, 0.25) is 0 Å². The third kappa shape index (κ3) is 3.85. The van der Waals surface area contributed by atoms with Gasteiger partial charge in [0.05, 0.1) is 23.0 Å². The van der Waals surface area contributed by atoms with Crippen LogP contribution in [0.15, 0.2) is 36.5 Å². The first-order valence-corrected chi connectivity index (χ1v) is 8.73. The molecule has 1 fully saturated rings. The molecule has 1 saturated heterocycles. The fourth-order valence-electron chi connectivity index (χ4n) is 3.45. The lowest BCUT2D eigenvalue weighted by Gasteiger charge is -2.33. The van der Waals surface area contributed by atoms with Crippen LogP contribution in [0, 0.1) is 6.92 Å². The molecule has 1 atom stereocenters. The highest BCUT2D eigenvalue weighted by molar-refractivity contribution is 5.75. The smallest absolute Gasteiger partial charge is 0.318 e. The topological polar surface area (TPSA) is 70.4 Å². The summed E-state index contributed by atoms with van der Waals surface area (Å²) in [7, 11) is 0. The number of nitrogens with one attached hydrogen (secondary N) is 1. The van der Waals surface area contributed by atoms with Gasteiger partial charge in [-0.05, 0) is 51.3 Å². The van der Waals surface area contributed by atoms with Gasteiger partial charge >= 0.3 is 6.03 Å². The van der Waals surface area contributed by atoms with E-state index in [9.17, 15) is 9.90 Å². The summed E-state index contributed by atoms with van der Waals surface area (Å²) in [4.78, 5) is 14.4. The maximum absolute atomic E-state index is 12.6. The summed E-state index contributed by atoms with van der Waals surface area (Å²) in [5.74, 6) is 0. The van der Waals surface area contributed by atoms with Gasteiger partial charge in [0.1, 0.15) is 0 Å². The molecule has 1 aromatic heterocycles. The maximum atomic E-state index is 12.6. The molecule has 1 aliphatic heterocycles. The first-order valence-electron chi connectivity index (χ1n) is 8.73. The van der Waals surface area contributed by atoms with E-state index in [0.29, 0.717) is 13.1 Å². The molecular weight excluding hydrogens is 316 g/mol. The number of carbonyl (C=O) groups is 1. The number of hydrogen-bond acceptors (Lipinski definition) is 3. The molecule has 0 spiro atoms. The lowest BCUT2D eigenvalue weighted by molar-refractivity contribution is 0.00978. The van der Waals surface area contributed by atoms with Gasteiger partial charge in [-0.3, -0.25) is 0 Å². The number of aromatic nitrogens is 2. The number of hydrogen-bond donors (Lipinski definition) is 2. The molecule has 2 heterocycles. The predicted octanol–water partition coefficient (Wildman–Crippen LogP) is 2.63. The van der Waals surface area contributed by atoms with Crippen molar-refractivity contribution >= 4 is 6.03 Å². The van der Waals surface area contributed by atoms with Crippen molar-refractivity contribution in [2.45, 2.75) is 51.8 Å². The van der Waals surface area contributed by atoms with Crippen LogP contribution in [0.4, 0.5) is 4.79 Å². The third-order valence-electron chi connectivity index (χ3n) is 4.72. The number of amides is 2. The molecule has 0 saturated carbocycles. The average Bonchev–Trinajstić information content (AvgIpc) is 3.21. The third-order valence-corrected chi connectivity index (χ3v) is 4.72. The van der Waals surface area contributed by atoms with E-state index in [1.807, 2.05) is 48.1 Å². The molecular formula is C19H26N4O2. The van der Waals surface area contributed by atoms with E-state index in [4.69, 9.17) is 0 Å². The molecule has 134 valence electrons. The summed E-state index contributed by atoms with van der Waals surface area (Å²) in [5, 5.41) is 17.7. The van der Waals surface area contributed by atoms with Crippen molar-refractivity contribution in [3.05, 3.63) is 47.8 Å². The largest absolute Gasteiger partial charge is 0.388 e. The Morgan fingerprint density at radius 1 is 1.36 bits per heavy atom. The Morgan fingerprint density at radius 3 is 2.80 bits per heavy atom. The van der Waals surface area contributed by atoms with Gasteiger partial charge in [-0.25, -0.2) is 9.48 Å². The first-order chi connectivity index (χ1) is 11.9. The highest BCUT2D eigenvalue weighted by Gasteiger charge is 2.38. The second-order valence-corrected chi connectivity index (χ2v) is 7.19. The van der Waals surface area contributed by atoms with Crippen LogP contribution < -0.4 is 5.32 Å². The second-order valence-electron chi connectivity index (χ2n) is 7.19. The maximum Gasteiger partial charge on any atom is 0.318 e. The first kappa shape index (κ1) is 17.5. The Balaban J connectivity index is 1.71. The lowest BCUT2D eigenvalue weighted by atomic mass is 9.97. The van der Waals surface area contributed by atoms with E-state index in [-0.39, 0.29) is 12.1 Å². The van der Waals surface area contributed by atoms with Crippen molar-refractivity contribution in [1.29, 1.82) is 0 Å². The Bertz CT molecular complexity index is 748. The molecule has 0 bridgehead atoms. The van der Waals surface area contributed by atoms with Crippen LogP contribution in [-0.2, 0) is 6.54 Å². The molecule has 0 unspecified atom stereocenters. The lowest BCUT2D eigenvalue weighted by Crippen LogP contribution is -2.51. The van der Waals surface area contributed by atoms with Gasteiger partial charge in [-0.15, -0.1) is 0 Å². The molecule has 2 N–H and O–H groups in total. The monoisotopic (exact) mass is 342 g/mol. The fraction of sp³-hybridized carbons (Fsp3) is 0.474. The number of para-hydroxylation sites is 1. The van der Waals surface area contributed by atoms with Gasteiger partial charge in [-0.2, -0.15) is 5.10 Å². The summed E-state index contributed by atoms with van der Waals surface area (Å²) in [6.07, 6.45) is 3.67. The Morgan fingerprint density at radius 2 is 2.12 bits per heavy atom. The summed E-state index contributed by atoms with van der Waals surface area (Å²) in [6, 6.07) is 9.58. The molecule has 1 aliphatic rings. The number of aryl methyl sites for hydroxylation is 1. The van der Waals surface area contributed by atoms with Gasteiger partial charge in [0.15, 0.2) is 0 Å². The standard InChI is InChI=1S/C19H26N4O2/c1-14-10-12-23(21-14)16-8-5-4-7-15(16)13-20-18(24)22-11-6-9-17(22)19(2,3)25/h4-5,7-8,10,12,17,25H,6,9,11,13H2,1-3H3,(H,20,24)/t17-/m1/s1. The number of aliphatic hydroxyl groups is 1. The highest BCUT2D eigenvalue weighted by atomic mass is 16.3. The summed E-state index contributed by atoms with van der Waals surface area (Å²) in [6.45, 7) is 6.58. The highest BCUT2D eigenvalue weighted by Crippen LogP contribution is 2.26. The molecule has 0 radical (unpaired) electrons. The molecule has 3 rings (SSSR count). The molecule has 6 heteroatoms. The van der Waals surface area contributed by atoms with E-state index < -0.39 is 5.60 Å². The van der Waals surface area contributed by atoms with Gasteiger partial charge in [0, 0.05) is 19.3 Å². The number of benzene rings is 1. The average molecular weight is 342 g/mol. The quantitative estimate of drug-likeness (QED) is 0.897. The molecule has 2 amide bonds. The Hall–Kier alpha value is -2.34. The van der Waals surface area contributed by atoms with E-state index in [2.05, 4.69) is 10.4 Å². The predicted molar refractivity (Wildman–Crippen MR) is 96.6 cm³/mol. The summed E-state index contributed by atoms with van der Waals surface area (Å²) < 4.78 is 1.83. The minimum Gasteiger partial charge on any atom is -0.388 e. The molecule has 2 aromatic rings. The van der Waals surface area contributed by atoms with Crippen LogP contribution in [0.5, 0.6) is 0 Å². The molecule has 6 nitrogen and oxygen atoms in total. The van der Waals surface area contributed by atoms with Crippen molar-refractivity contribution in [3.8, 4) is 5.69 Å². The zero-order chi connectivity index (χ0) is 18.0. The van der Waals surface area contributed by atoms with E-state index in [0.717, 1.165) is 29.8 Å². The number of nitrogens with zero attached hydrogens (tertiary/aromatic N) is 3. The second kappa shape index (κ2) is 6.88. The number of urea groups is 1. The van der Waals surface area contributed by atoms with Crippen molar-refractivity contribution in [2.24, 2.45) is 0 Å². The minimum absolute atomic E-state index is 0.129. The van der Waals surface area contributed by atoms with Crippen molar-refractivity contribution < 1.29 is 9.90 Å². The Labute approximate surface area is 148 Å². The molecule has 25 heavy (non-hydrogen) atoms. The summed E-state index contributed by atoms with van der Waals surface area (Å²) in [5.41, 5.74) is 2.01.